The molecule has 0 radical (unpaired) electrons. The summed E-state index contributed by atoms with van der Waals surface area (Å²) in [6.45, 7) is 0. The quantitative estimate of drug-likeness (QED) is 0.136. The molecule has 0 aliphatic carbocycles. The number of benzene rings is 9. The van der Waals surface area contributed by atoms with Gasteiger partial charge in [-0.3, -0.25) is 14.4 Å². The topological polar surface area (TPSA) is 78.9 Å². The van der Waals surface area contributed by atoms with Gasteiger partial charge in [-0.05, 0) is 51.9 Å². The van der Waals surface area contributed by atoms with E-state index < -0.39 is 0 Å². The molecule has 0 saturated carbocycles. The molecule has 0 heterocycles. The van der Waals surface area contributed by atoms with Gasteiger partial charge in [-0.15, -0.1) is 0 Å². The van der Waals surface area contributed by atoms with Gasteiger partial charge in [0, 0.05) is 33.0 Å². The number of hydrogen-bond donors (Lipinski definition) is 0. The molecule has 0 atom stereocenters. The van der Waals surface area contributed by atoms with E-state index in [0.717, 1.165) is 38.1 Å². The zero-order chi connectivity index (χ0) is 41.8. The second-order valence-corrected chi connectivity index (χ2v) is 13.8. The third-order valence-electron chi connectivity index (χ3n) is 10.1. The van der Waals surface area contributed by atoms with E-state index in [9.17, 15) is 14.4 Å². The third-order valence-corrected chi connectivity index (χ3v) is 10.1. The minimum absolute atomic E-state index is 0.00894. The Bertz CT molecular complexity index is 2870. The van der Waals surface area contributed by atoms with Crippen molar-refractivity contribution in [2.24, 2.45) is 0 Å². The fourth-order valence-corrected chi connectivity index (χ4v) is 7.03. The average molecular weight is 787 g/mol. The Morgan fingerprint density at radius 3 is 1.32 bits per heavy atom. The van der Waals surface area contributed by atoms with Gasteiger partial charge in [0.05, 0.1) is 32.5 Å². The summed E-state index contributed by atoms with van der Waals surface area (Å²) in [5.74, 6) is 1.94. The van der Waals surface area contributed by atoms with Gasteiger partial charge in [-0.1, -0.05) is 170 Å². The van der Waals surface area contributed by atoms with Gasteiger partial charge < -0.3 is 14.2 Å². The van der Waals surface area contributed by atoms with Crippen LogP contribution in [0.5, 0.6) is 17.2 Å². The van der Waals surface area contributed by atoms with Gasteiger partial charge in [-0.2, -0.15) is 0 Å². The number of carbonyl (C=O) groups is 3. The van der Waals surface area contributed by atoms with E-state index in [4.69, 9.17) is 14.2 Å². The fraction of sp³-hybridized carbons (Fsp3) is 0.0556. The van der Waals surface area contributed by atoms with Crippen LogP contribution in [0.4, 0.5) is 0 Å². The van der Waals surface area contributed by atoms with Gasteiger partial charge >= 0.3 is 0 Å². The number of carbonyl (C=O) groups excluding carboxylic acids is 3. The molecule has 9 aromatic carbocycles. The first kappa shape index (κ1) is 40.4. The summed E-state index contributed by atoms with van der Waals surface area (Å²) in [6, 6.07) is 62.8. The summed E-state index contributed by atoms with van der Waals surface area (Å²) in [4.78, 5) is 37.7. The van der Waals surface area contributed by atoms with Crippen molar-refractivity contribution in [1.82, 2.24) is 0 Å². The first-order valence-corrected chi connectivity index (χ1v) is 19.4. The summed E-state index contributed by atoms with van der Waals surface area (Å²) >= 11 is 0. The number of ether oxygens (including phenoxy) is 3. The molecular weight excluding hydrogens is 745 g/mol. The lowest BCUT2D eigenvalue weighted by Gasteiger charge is -2.11. The van der Waals surface area contributed by atoms with E-state index in [1.54, 1.807) is 27.4 Å². The number of rotatable bonds is 9. The first-order valence-electron chi connectivity index (χ1n) is 19.4. The van der Waals surface area contributed by atoms with Crippen LogP contribution in [0.2, 0.25) is 0 Å². The van der Waals surface area contributed by atoms with Crippen LogP contribution in [0.1, 0.15) is 47.8 Å². The van der Waals surface area contributed by atoms with E-state index >= 15 is 0 Å². The summed E-state index contributed by atoms with van der Waals surface area (Å²) < 4.78 is 16.3. The summed E-state index contributed by atoms with van der Waals surface area (Å²) in [5, 5.41) is 6.14. The smallest absolute Gasteiger partial charge is 0.196 e. The highest BCUT2D eigenvalue weighted by Crippen LogP contribution is 2.32. The summed E-state index contributed by atoms with van der Waals surface area (Å²) in [6.07, 6.45) is 0. The highest BCUT2D eigenvalue weighted by atomic mass is 16.5. The minimum atomic E-state index is -0.0202. The Hall–Kier alpha value is -7.83. The van der Waals surface area contributed by atoms with Crippen LogP contribution in [0, 0.1) is 0 Å². The summed E-state index contributed by atoms with van der Waals surface area (Å²) in [7, 11) is 4.81. The van der Waals surface area contributed by atoms with Crippen molar-refractivity contribution >= 4 is 49.7 Å². The molecule has 294 valence electrons. The van der Waals surface area contributed by atoms with E-state index in [0.29, 0.717) is 44.9 Å². The van der Waals surface area contributed by atoms with Gasteiger partial charge in [0.1, 0.15) is 17.2 Å². The van der Waals surface area contributed by atoms with Crippen molar-refractivity contribution in [2.45, 2.75) is 0 Å². The molecule has 6 nitrogen and oxygen atoms in total. The average Bonchev–Trinajstić information content (AvgIpc) is 3.33. The van der Waals surface area contributed by atoms with Gasteiger partial charge in [0.25, 0.3) is 0 Å². The zero-order valence-electron chi connectivity index (χ0n) is 33.5. The SMILES string of the molecule is COc1c(C(=O)c2ccccc2)ccc2ccccc12.COc1cc(C(=O)c2ccccc2)cc2ccccc12.COc1cc2ccccc2cc1C(=O)c1ccccc1. The number of ketones is 3. The molecule has 0 fully saturated rings. The van der Waals surface area contributed by atoms with Crippen molar-refractivity contribution in [1.29, 1.82) is 0 Å². The maximum Gasteiger partial charge on any atom is 0.196 e. The lowest BCUT2D eigenvalue weighted by molar-refractivity contribution is 0.102. The van der Waals surface area contributed by atoms with E-state index in [2.05, 4.69) is 0 Å². The first-order chi connectivity index (χ1) is 29.4. The van der Waals surface area contributed by atoms with Crippen LogP contribution < -0.4 is 14.2 Å². The molecule has 0 spiro atoms. The molecule has 6 heteroatoms. The minimum Gasteiger partial charge on any atom is -0.496 e. The normalized spacial score (nSPS) is 10.4. The molecule has 60 heavy (non-hydrogen) atoms. The van der Waals surface area contributed by atoms with E-state index in [1.807, 2.05) is 194 Å². The fourth-order valence-electron chi connectivity index (χ4n) is 7.03. The Morgan fingerprint density at radius 1 is 0.317 bits per heavy atom. The molecule has 9 rings (SSSR count). The van der Waals surface area contributed by atoms with Crippen LogP contribution in [-0.4, -0.2) is 38.7 Å². The standard InChI is InChI=1S/3C18H14O2/c1-20-18-15-10-6-5-7-13(15)11-12-16(18)17(19)14-8-3-2-4-9-14;1-20-17-12-15(11-14-9-5-6-10-16(14)17)18(19)13-7-3-2-4-8-13;1-20-17-12-15-10-6-5-9-14(15)11-16(17)18(19)13-7-3-2-4-8-13/h3*2-12H,1H3. The third kappa shape index (κ3) is 8.99. The highest BCUT2D eigenvalue weighted by molar-refractivity contribution is 6.14. The van der Waals surface area contributed by atoms with Crippen LogP contribution in [0.15, 0.2) is 200 Å². The molecule has 0 aromatic heterocycles. The van der Waals surface area contributed by atoms with Crippen LogP contribution in [0.25, 0.3) is 32.3 Å². The zero-order valence-corrected chi connectivity index (χ0v) is 33.5. The van der Waals surface area contributed by atoms with Gasteiger partial charge in [-0.25, -0.2) is 0 Å². The molecule has 0 unspecified atom stereocenters. The molecule has 0 saturated heterocycles. The van der Waals surface area contributed by atoms with Gasteiger partial charge in [0.15, 0.2) is 17.3 Å². The predicted molar refractivity (Wildman–Crippen MR) is 241 cm³/mol. The van der Waals surface area contributed by atoms with Gasteiger partial charge in [0.2, 0.25) is 0 Å². The Kier molecular flexibility index (Phi) is 12.8. The van der Waals surface area contributed by atoms with E-state index in [1.165, 1.54) is 0 Å². The van der Waals surface area contributed by atoms with Crippen LogP contribution >= 0.6 is 0 Å². The number of fused-ring (bicyclic) bond motifs is 3. The van der Waals surface area contributed by atoms with E-state index in [-0.39, 0.29) is 17.3 Å². The molecular formula is C54H42O6. The molecule has 0 bridgehead atoms. The van der Waals surface area contributed by atoms with Crippen molar-refractivity contribution < 1.29 is 28.6 Å². The molecule has 0 N–H and O–H groups in total. The Balaban J connectivity index is 0.000000136. The molecule has 9 aromatic rings. The Morgan fingerprint density at radius 2 is 0.767 bits per heavy atom. The lowest BCUT2D eigenvalue weighted by Crippen LogP contribution is -2.04. The maximum atomic E-state index is 12.6. The second kappa shape index (κ2) is 19.1. The highest BCUT2D eigenvalue weighted by Gasteiger charge is 2.17. The molecule has 0 amide bonds. The number of hydrogen-bond acceptors (Lipinski definition) is 6. The van der Waals surface area contributed by atoms with Crippen molar-refractivity contribution in [2.75, 3.05) is 21.3 Å². The molecule has 0 aliphatic rings. The number of methoxy groups -OCH3 is 3. The predicted octanol–water partition coefficient (Wildman–Crippen LogP) is 12.2. The largest absolute Gasteiger partial charge is 0.496 e. The van der Waals surface area contributed by atoms with Crippen molar-refractivity contribution in [3.05, 3.63) is 234 Å². The monoisotopic (exact) mass is 786 g/mol. The maximum absolute atomic E-state index is 12.6. The van der Waals surface area contributed by atoms with Crippen molar-refractivity contribution in [3.8, 4) is 17.2 Å². The van der Waals surface area contributed by atoms with Crippen LogP contribution in [-0.2, 0) is 0 Å². The molecule has 0 aliphatic heterocycles. The van der Waals surface area contributed by atoms with Crippen molar-refractivity contribution in [3.63, 3.8) is 0 Å². The summed E-state index contributed by atoms with van der Waals surface area (Å²) in [5.41, 5.74) is 3.86. The Labute approximate surface area is 349 Å². The lowest BCUT2D eigenvalue weighted by atomic mass is 9.98. The van der Waals surface area contributed by atoms with Crippen LogP contribution in [0.3, 0.4) is 0 Å². The second-order valence-electron chi connectivity index (χ2n) is 13.8.